The van der Waals surface area contributed by atoms with Gasteiger partial charge in [0.05, 0.1) is 6.42 Å². The highest BCUT2D eigenvalue weighted by Gasteiger charge is 2.33. The highest BCUT2D eigenvalue weighted by atomic mass is 35.5. The first-order chi connectivity index (χ1) is 11.5. The molecule has 2 aliphatic rings. The van der Waals surface area contributed by atoms with Crippen LogP contribution in [0.2, 0.25) is 5.02 Å². The summed E-state index contributed by atoms with van der Waals surface area (Å²) >= 11 is 5.97. The molecular formula is C18H25Cl2N3O2. The summed E-state index contributed by atoms with van der Waals surface area (Å²) in [6, 6.07) is 7.41. The molecule has 0 aliphatic carbocycles. The fourth-order valence-corrected chi connectivity index (χ4v) is 3.48. The Hall–Kier alpha value is -1.30. The van der Waals surface area contributed by atoms with E-state index in [4.69, 9.17) is 11.6 Å². The normalized spacial score (nSPS) is 19.0. The van der Waals surface area contributed by atoms with E-state index in [1.165, 1.54) is 0 Å². The number of carbonyl (C=O) groups excluding carboxylic acids is 2. The molecule has 2 amide bonds. The SMILES string of the molecule is CC(C(=O)N1CCN(C(=O)Cc2cccc(Cl)c2)CC1)C1CNC1.Cl. The third kappa shape index (κ3) is 4.87. The van der Waals surface area contributed by atoms with Crippen LogP contribution in [0.15, 0.2) is 24.3 Å². The summed E-state index contributed by atoms with van der Waals surface area (Å²) in [5.74, 6) is 0.851. The lowest BCUT2D eigenvalue weighted by molar-refractivity contribution is -0.143. The number of halogens is 2. The van der Waals surface area contributed by atoms with Crippen molar-refractivity contribution in [1.29, 1.82) is 0 Å². The quantitative estimate of drug-likeness (QED) is 0.859. The fourth-order valence-electron chi connectivity index (χ4n) is 3.26. The predicted molar refractivity (Wildman–Crippen MR) is 101 cm³/mol. The average Bonchev–Trinajstić information content (AvgIpc) is 2.52. The molecule has 2 saturated heterocycles. The lowest BCUT2D eigenvalue weighted by atomic mass is 9.88. The zero-order valence-corrected chi connectivity index (χ0v) is 16.0. The van der Waals surface area contributed by atoms with Crippen molar-refractivity contribution >= 4 is 35.8 Å². The van der Waals surface area contributed by atoms with Gasteiger partial charge in [0.25, 0.3) is 0 Å². The molecule has 1 aromatic carbocycles. The van der Waals surface area contributed by atoms with Gasteiger partial charge in [-0.2, -0.15) is 0 Å². The van der Waals surface area contributed by atoms with Gasteiger partial charge >= 0.3 is 0 Å². The number of piperazine rings is 1. The van der Waals surface area contributed by atoms with E-state index < -0.39 is 0 Å². The zero-order chi connectivity index (χ0) is 17.1. The van der Waals surface area contributed by atoms with Crippen molar-refractivity contribution in [3.63, 3.8) is 0 Å². The largest absolute Gasteiger partial charge is 0.339 e. The molecular weight excluding hydrogens is 361 g/mol. The van der Waals surface area contributed by atoms with Gasteiger partial charge in [0.1, 0.15) is 0 Å². The Kier molecular flexibility index (Phi) is 7.11. The van der Waals surface area contributed by atoms with E-state index in [0.29, 0.717) is 43.5 Å². The number of rotatable bonds is 4. The Bertz CT molecular complexity index is 614. The highest BCUT2D eigenvalue weighted by molar-refractivity contribution is 6.30. The second-order valence-electron chi connectivity index (χ2n) is 6.72. The van der Waals surface area contributed by atoms with Crippen LogP contribution in [-0.2, 0) is 16.0 Å². The third-order valence-electron chi connectivity index (χ3n) is 5.10. The first kappa shape index (κ1) is 20.0. The molecule has 3 rings (SSSR count). The monoisotopic (exact) mass is 385 g/mol. The van der Waals surface area contributed by atoms with Gasteiger partial charge in [0.2, 0.25) is 11.8 Å². The van der Waals surface area contributed by atoms with Gasteiger partial charge in [0.15, 0.2) is 0 Å². The van der Waals surface area contributed by atoms with Crippen LogP contribution in [0.3, 0.4) is 0 Å². The number of carbonyl (C=O) groups is 2. The van der Waals surface area contributed by atoms with E-state index in [-0.39, 0.29) is 30.1 Å². The Morgan fingerprint density at radius 2 is 1.84 bits per heavy atom. The summed E-state index contributed by atoms with van der Waals surface area (Å²) in [7, 11) is 0. The Morgan fingerprint density at radius 3 is 2.40 bits per heavy atom. The molecule has 0 spiro atoms. The maximum atomic E-state index is 12.5. The average molecular weight is 386 g/mol. The molecule has 2 fully saturated rings. The van der Waals surface area contributed by atoms with Crippen molar-refractivity contribution in [2.45, 2.75) is 13.3 Å². The molecule has 1 aromatic rings. The molecule has 1 unspecified atom stereocenters. The summed E-state index contributed by atoms with van der Waals surface area (Å²) < 4.78 is 0. The van der Waals surface area contributed by atoms with E-state index in [1.807, 2.05) is 34.9 Å². The Labute approximate surface area is 160 Å². The summed E-state index contributed by atoms with van der Waals surface area (Å²) in [6.07, 6.45) is 0.360. The first-order valence-corrected chi connectivity index (χ1v) is 8.94. The molecule has 0 aromatic heterocycles. The Morgan fingerprint density at radius 1 is 1.20 bits per heavy atom. The number of hydrogen-bond donors (Lipinski definition) is 1. The first-order valence-electron chi connectivity index (χ1n) is 8.56. The lowest BCUT2D eigenvalue weighted by Gasteiger charge is -2.39. The number of hydrogen-bond acceptors (Lipinski definition) is 3. The summed E-state index contributed by atoms with van der Waals surface area (Å²) in [6.45, 7) is 6.37. The van der Waals surface area contributed by atoms with Crippen LogP contribution in [-0.4, -0.2) is 60.9 Å². The molecule has 25 heavy (non-hydrogen) atoms. The molecule has 0 saturated carbocycles. The van der Waals surface area contributed by atoms with E-state index in [9.17, 15) is 9.59 Å². The molecule has 2 heterocycles. The molecule has 1 atom stereocenters. The molecule has 1 N–H and O–H groups in total. The van der Waals surface area contributed by atoms with Gasteiger partial charge in [0, 0.05) is 37.1 Å². The molecule has 7 heteroatoms. The van der Waals surface area contributed by atoms with Crippen molar-refractivity contribution in [3.8, 4) is 0 Å². The van der Waals surface area contributed by atoms with Crippen LogP contribution in [0.5, 0.6) is 0 Å². The van der Waals surface area contributed by atoms with Gasteiger partial charge in [-0.3, -0.25) is 9.59 Å². The van der Waals surface area contributed by atoms with Gasteiger partial charge in [-0.15, -0.1) is 12.4 Å². The molecule has 2 aliphatic heterocycles. The molecule has 0 bridgehead atoms. The van der Waals surface area contributed by atoms with Crippen LogP contribution in [0.25, 0.3) is 0 Å². The number of benzene rings is 1. The van der Waals surface area contributed by atoms with Gasteiger partial charge in [-0.1, -0.05) is 30.7 Å². The molecule has 138 valence electrons. The topological polar surface area (TPSA) is 52.7 Å². The minimum Gasteiger partial charge on any atom is -0.339 e. The van der Waals surface area contributed by atoms with Crippen LogP contribution in [0.1, 0.15) is 12.5 Å². The van der Waals surface area contributed by atoms with E-state index in [0.717, 1.165) is 18.7 Å². The van der Waals surface area contributed by atoms with Crippen LogP contribution >= 0.6 is 24.0 Å². The summed E-state index contributed by atoms with van der Waals surface area (Å²) in [5, 5.41) is 3.86. The van der Waals surface area contributed by atoms with Crippen molar-refractivity contribution in [2.75, 3.05) is 39.3 Å². The zero-order valence-electron chi connectivity index (χ0n) is 14.4. The lowest BCUT2D eigenvalue weighted by Crippen LogP contribution is -2.55. The van der Waals surface area contributed by atoms with Gasteiger partial charge < -0.3 is 15.1 Å². The number of nitrogens with zero attached hydrogens (tertiary/aromatic N) is 2. The smallest absolute Gasteiger partial charge is 0.227 e. The molecule has 0 radical (unpaired) electrons. The fraction of sp³-hybridized carbons (Fsp3) is 0.556. The van der Waals surface area contributed by atoms with E-state index in [1.54, 1.807) is 6.07 Å². The standard InChI is InChI=1S/C18H24ClN3O2.ClH/c1-13(15-11-20-12-15)18(24)22-7-5-21(6-8-22)17(23)10-14-3-2-4-16(19)9-14;/h2-4,9,13,15,20H,5-8,10-12H2,1H3;1H. The second-order valence-corrected chi connectivity index (χ2v) is 7.16. The predicted octanol–water partition coefficient (Wildman–Crippen LogP) is 1.83. The van der Waals surface area contributed by atoms with E-state index in [2.05, 4.69) is 5.32 Å². The highest BCUT2D eigenvalue weighted by Crippen LogP contribution is 2.19. The van der Waals surface area contributed by atoms with Crippen molar-refractivity contribution in [3.05, 3.63) is 34.9 Å². The van der Waals surface area contributed by atoms with Crippen LogP contribution < -0.4 is 5.32 Å². The maximum absolute atomic E-state index is 12.5. The number of amides is 2. The maximum Gasteiger partial charge on any atom is 0.227 e. The van der Waals surface area contributed by atoms with E-state index >= 15 is 0 Å². The van der Waals surface area contributed by atoms with Crippen LogP contribution in [0, 0.1) is 11.8 Å². The second kappa shape index (κ2) is 8.88. The Balaban J connectivity index is 0.00000225. The van der Waals surface area contributed by atoms with Crippen molar-refractivity contribution in [2.24, 2.45) is 11.8 Å². The summed E-state index contributed by atoms with van der Waals surface area (Å²) in [4.78, 5) is 28.7. The van der Waals surface area contributed by atoms with Crippen molar-refractivity contribution < 1.29 is 9.59 Å². The third-order valence-corrected chi connectivity index (χ3v) is 5.33. The molecule has 5 nitrogen and oxygen atoms in total. The van der Waals surface area contributed by atoms with Gasteiger partial charge in [-0.25, -0.2) is 0 Å². The van der Waals surface area contributed by atoms with Gasteiger partial charge in [-0.05, 0) is 36.7 Å². The van der Waals surface area contributed by atoms with Crippen LogP contribution in [0.4, 0.5) is 0 Å². The van der Waals surface area contributed by atoms with Crippen molar-refractivity contribution in [1.82, 2.24) is 15.1 Å². The minimum atomic E-state index is 0. The number of nitrogens with one attached hydrogen (secondary N) is 1. The minimum absolute atomic E-state index is 0. The summed E-state index contributed by atoms with van der Waals surface area (Å²) in [5.41, 5.74) is 0.928.